The topological polar surface area (TPSA) is 82.3 Å². The molecule has 0 saturated carbocycles. The monoisotopic (exact) mass is 494 g/mol. The summed E-state index contributed by atoms with van der Waals surface area (Å²) in [7, 11) is 0. The van der Waals surface area contributed by atoms with Crippen LogP contribution >= 0.6 is 0 Å². The van der Waals surface area contributed by atoms with Crippen molar-refractivity contribution in [3.05, 3.63) is 71.8 Å². The van der Waals surface area contributed by atoms with E-state index in [9.17, 15) is 9.59 Å². The normalized spacial score (nSPS) is 10.8. The van der Waals surface area contributed by atoms with Gasteiger partial charge in [0.15, 0.2) is 0 Å². The van der Waals surface area contributed by atoms with Gasteiger partial charge in [-0.3, -0.25) is 9.59 Å². The molecule has 0 aliphatic heterocycles. The molecule has 0 bridgehead atoms. The Balaban J connectivity index is 1.25. The van der Waals surface area contributed by atoms with Crippen molar-refractivity contribution in [2.24, 2.45) is 0 Å². The summed E-state index contributed by atoms with van der Waals surface area (Å²) < 4.78 is 0. The molecule has 2 aromatic carbocycles. The molecule has 0 fully saturated rings. The molecular formula is C30H46N4O2. The molecule has 2 aromatic rings. The Morgan fingerprint density at radius 1 is 0.472 bits per heavy atom. The van der Waals surface area contributed by atoms with Crippen LogP contribution in [0.1, 0.15) is 62.5 Å². The van der Waals surface area contributed by atoms with E-state index in [0.29, 0.717) is 12.8 Å². The maximum Gasteiger partial charge on any atom is 0.220 e. The Kier molecular flexibility index (Phi) is 16.8. The zero-order valence-electron chi connectivity index (χ0n) is 21.9. The number of hydrogen-bond donors (Lipinski definition) is 4. The molecule has 198 valence electrons. The average molecular weight is 495 g/mol. The second-order valence-corrected chi connectivity index (χ2v) is 9.29. The fourth-order valence-electron chi connectivity index (χ4n) is 3.97. The van der Waals surface area contributed by atoms with E-state index in [1.165, 1.54) is 36.8 Å². The lowest BCUT2D eigenvalue weighted by molar-refractivity contribution is -0.121. The van der Waals surface area contributed by atoms with E-state index in [2.05, 4.69) is 45.5 Å². The van der Waals surface area contributed by atoms with Crippen molar-refractivity contribution in [1.29, 1.82) is 0 Å². The fourth-order valence-corrected chi connectivity index (χ4v) is 3.97. The minimum Gasteiger partial charge on any atom is -0.356 e. The molecular weight excluding hydrogens is 448 g/mol. The predicted octanol–water partition coefficient (Wildman–Crippen LogP) is 4.00. The zero-order valence-corrected chi connectivity index (χ0v) is 21.9. The lowest BCUT2D eigenvalue weighted by Gasteiger charge is -2.08. The van der Waals surface area contributed by atoms with Gasteiger partial charge in [-0.2, -0.15) is 0 Å². The Hall–Kier alpha value is -2.70. The van der Waals surface area contributed by atoms with Gasteiger partial charge in [0.25, 0.3) is 0 Å². The Morgan fingerprint density at radius 2 is 0.861 bits per heavy atom. The Morgan fingerprint density at radius 3 is 1.28 bits per heavy atom. The Labute approximate surface area is 218 Å². The lowest BCUT2D eigenvalue weighted by Crippen LogP contribution is -2.28. The molecule has 0 spiro atoms. The van der Waals surface area contributed by atoms with Crippen LogP contribution in [0.3, 0.4) is 0 Å². The van der Waals surface area contributed by atoms with Crippen LogP contribution in [0.25, 0.3) is 0 Å². The highest BCUT2D eigenvalue weighted by atomic mass is 16.2. The second kappa shape index (κ2) is 20.5. The van der Waals surface area contributed by atoms with Crippen molar-refractivity contribution >= 4 is 11.8 Å². The van der Waals surface area contributed by atoms with Crippen molar-refractivity contribution in [2.75, 3.05) is 39.3 Å². The van der Waals surface area contributed by atoms with E-state index in [4.69, 9.17) is 0 Å². The molecule has 2 rings (SSSR count). The standard InChI is InChI=1S/C30H46N4O2/c35-29(19-17-27-13-5-3-6-14-27)33-25-11-23-31-21-9-1-2-10-22-32-24-12-26-34-30(36)20-18-28-15-7-4-8-16-28/h3-8,13-16,31-32H,1-2,9-12,17-26H2,(H,33,35)(H,34,36). The van der Waals surface area contributed by atoms with Crippen LogP contribution < -0.4 is 21.3 Å². The number of hydrogen-bond acceptors (Lipinski definition) is 4. The Bertz CT molecular complexity index is 745. The van der Waals surface area contributed by atoms with E-state index in [1.807, 2.05) is 36.4 Å². The maximum atomic E-state index is 11.9. The van der Waals surface area contributed by atoms with Crippen LogP contribution in [0.15, 0.2) is 60.7 Å². The van der Waals surface area contributed by atoms with Gasteiger partial charge >= 0.3 is 0 Å². The SMILES string of the molecule is O=C(CCc1ccccc1)NCCCNCCCCCCNCCCNC(=O)CCc1ccccc1. The number of benzene rings is 2. The summed E-state index contributed by atoms with van der Waals surface area (Å²) in [5.74, 6) is 0.270. The molecule has 2 amide bonds. The van der Waals surface area contributed by atoms with E-state index >= 15 is 0 Å². The van der Waals surface area contributed by atoms with Gasteiger partial charge in [-0.1, -0.05) is 73.5 Å². The molecule has 6 heteroatoms. The van der Waals surface area contributed by atoms with E-state index < -0.39 is 0 Å². The summed E-state index contributed by atoms with van der Waals surface area (Å²) in [5.41, 5.74) is 2.42. The number of nitrogens with one attached hydrogen (secondary N) is 4. The maximum absolute atomic E-state index is 11.9. The summed E-state index contributed by atoms with van der Waals surface area (Å²) in [4.78, 5) is 23.8. The van der Waals surface area contributed by atoms with Crippen LogP contribution in [0, 0.1) is 0 Å². The first kappa shape index (κ1) is 29.5. The van der Waals surface area contributed by atoms with Gasteiger partial charge < -0.3 is 21.3 Å². The summed E-state index contributed by atoms with van der Waals surface area (Å²) >= 11 is 0. The number of aryl methyl sites for hydroxylation is 2. The van der Waals surface area contributed by atoms with E-state index in [1.54, 1.807) is 0 Å². The third-order valence-corrected chi connectivity index (χ3v) is 6.13. The van der Waals surface area contributed by atoms with Crippen molar-refractivity contribution in [3.8, 4) is 0 Å². The van der Waals surface area contributed by atoms with E-state index in [-0.39, 0.29) is 11.8 Å². The first-order valence-corrected chi connectivity index (χ1v) is 13.8. The number of carbonyl (C=O) groups is 2. The molecule has 36 heavy (non-hydrogen) atoms. The van der Waals surface area contributed by atoms with Gasteiger partial charge in [-0.15, -0.1) is 0 Å². The molecule has 0 unspecified atom stereocenters. The van der Waals surface area contributed by atoms with Gasteiger partial charge in [-0.05, 0) is 75.8 Å². The molecule has 0 aliphatic rings. The van der Waals surface area contributed by atoms with Gasteiger partial charge in [-0.25, -0.2) is 0 Å². The highest BCUT2D eigenvalue weighted by Crippen LogP contribution is 2.03. The third-order valence-electron chi connectivity index (χ3n) is 6.13. The minimum absolute atomic E-state index is 0.135. The zero-order chi connectivity index (χ0) is 25.5. The molecule has 0 heterocycles. The van der Waals surface area contributed by atoms with Crippen molar-refractivity contribution in [1.82, 2.24) is 21.3 Å². The molecule has 4 N–H and O–H groups in total. The molecule has 6 nitrogen and oxygen atoms in total. The largest absolute Gasteiger partial charge is 0.356 e. The van der Waals surface area contributed by atoms with Crippen LogP contribution in [0.4, 0.5) is 0 Å². The fraction of sp³-hybridized carbons (Fsp3) is 0.533. The third kappa shape index (κ3) is 16.1. The van der Waals surface area contributed by atoms with Crippen LogP contribution in [-0.2, 0) is 22.4 Å². The molecule has 0 saturated heterocycles. The number of unbranched alkanes of at least 4 members (excludes halogenated alkanes) is 3. The van der Waals surface area contributed by atoms with Gasteiger partial charge in [0.1, 0.15) is 0 Å². The quantitative estimate of drug-likeness (QED) is 0.198. The van der Waals surface area contributed by atoms with Gasteiger partial charge in [0, 0.05) is 25.9 Å². The van der Waals surface area contributed by atoms with Crippen molar-refractivity contribution in [2.45, 2.75) is 64.2 Å². The van der Waals surface area contributed by atoms with Gasteiger partial charge in [0.05, 0.1) is 0 Å². The molecule has 0 aromatic heterocycles. The average Bonchev–Trinajstić information content (AvgIpc) is 2.91. The van der Waals surface area contributed by atoms with Crippen LogP contribution in [-0.4, -0.2) is 51.1 Å². The number of carbonyl (C=O) groups excluding carboxylic acids is 2. The smallest absolute Gasteiger partial charge is 0.220 e. The van der Waals surface area contributed by atoms with Crippen molar-refractivity contribution in [3.63, 3.8) is 0 Å². The predicted molar refractivity (Wildman–Crippen MR) is 149 cm³/mol. The molecule has 0 aliphatic carbocycles. The first-order chi connectivity index (χ1) is 17.7. The first-order valence-electron chi connectivity index (χ1n) is 13.8. The lowest BCUT2D eigenvalue weighted by atomic mass is 10.1. The summed E-state index contributed by atoms with van der Waals surface area (Å²) in [6.45, 7) is 5.46. The van der Waals surface area contributed by atoms with Gasteiger partial charge in [0.2, 0.25) is 11.8 Å². The minimum atomic E-state index is 0.135. The highest BCUT2D eigenvalue weighted by molar-refractivity contribution is 5.76. The van der Waals surface area contributed by atoms with E-state index in [0.717, 1.165) is 65.0 Å². The highest BCUT2D eigenvalue weighted by Gasteiger charge is 2.02. The summed E-state index contributed by atoms with van der Waals surface area (Å²) in [6, 6.07) is 20.3. The van der Waals surface area contributed by atoms with Crippen LogP contribution in [0.2, 0.25) is 0 Å². The van der Waals surface area contributed by atoms with Crippen LogP contribution in [0.5, 0.6) is 0 Å². The summed E-state index contributed by atoms with van der Waals surface area (Å²) in [6.07, 6.45) is 9.50. The number of amides is 2. The molecule has 0 atom stereocenters. The second-order valence-electron chi connectivity index (χ2n) is 9.29. The summed E-state index contributed by atoms with van der Waals surface area (Å²) in [5, 5.41) is 13.0. The number of rotatable bonds is 21. The van der Waals surface area contributed by atoms with Crippen molar-refractivity contribution < 1.29 is 9.59 Å². The molecule has 0 radical (unpaired) electrons.